The number of para-hydroxylation sites is 1. The van der Waals surface area contributed by atoms with E-state index in [0.29, 0.717) is 6.42 Å². The molecule has 1 unspecified atom stereocenters. The Hall–Kier alpha value is -1.77. The molecule has 0 radical (unpaired) electrons. The molecule has 0 saturated carbocycles. The lowest BCUT2D eigenvalue weighted by molar-refractivity contribution is -0.129. The molecule has 1 atom stereocenters. The Bertz CT molecular complexity index is 757. The molecule has 0 spiro atoms. The van der Waals surface area contributed by atoms with Gasteiger partial charge in [0.25, 0.3) is 0 Å². The number of likely N-dealkylation sites (tertiary alicyclic amines) is 1. The van der Waals surface area contributed by atoms with Crippen molar-refractivity contribution in [3.63, 3.8) is 0 Å². The normalized spacial score (nSPS) is 17.2. The third-order valence-electron chi connectivity index (χ3n) is 4.77. The van der Waals surface area contributed by atoms with Gasteiger partial charge < -0.3 is 20.5 Å². The Morgan fingerprint density at radius 1 is 1.38 bits per heavy atom. The zero-order valence-electron chi connectivity index (χ0n) is 15.4. The van der Waals surface area contributed by atoms with E-state index in [1.165, 1.54) is 16.5 Å². The molecular weight excluding hydrogens is 441 g/mol. The molecule has 1 saturated heterocycles. The van der Waals surface area contributed by atoms with Crippen molar-refractivity contribution in [1.82, 2.24) is 20.5 Å². The van der Waals surface area contributed by atoms with Crippen molar-refractivity contribution in [3.05, 3.63) is 36.0 Å². The first-order valence-electron chi connectivity index (χ1n) is 9.01. The van der Waals surface area contributed by atoms with Gasteiger partial charge in [-0.1, -0.05) is 25.1 Å². The van der Waals surface area contributed by atoms with Crippen LogP contribution in [0.4, 0.5) is 0 Å². The lowest BCUT2D eigenvalue weighted by atomic mass is 10.1. The number of amides is 1. The number of H-pyrrole nitrogens is 1. The molecule has 3 N–H and O–H groups in total. The van der Waals surface area contributed by atoms with Gasteiger partial charge in [0.1, 0.15) is 0 Å². The summed E-state index contributed by atoms with van der Waals surface area (Å²) in [5.74, 6) is 1.03. The number of carbonyl (C=O) groups excluding carboxylic acids is 1. The molecule has 1 fully saturated rings. The second-order valence-electron chi connectivity index (χ2n) is 6.43. The van der Waals surface area contributed by atoms with Crippen LogP contribution in [0.2, 0.25) is 0 Å². The van der Waals surface area contributed by atoms with E-state index in [2.05, 4.69) is 45.0 Å². The highest BCUT2D eigenvalue weighted by Gasteiger charge is 2.25. The molecule has 142 valence electrons. The van der Waals surface area contributed by atoms with Gasteiger partial charge in [0, 0.05) is 56.2 Å². The maximum atomic E-state index is 11.8. The fraction of sp³-hybridized carbons (Fsp3) is 0.474. The molecule has 2 aromatic rings. The first kappa shape index (κ1) is 20.5. The fourth-order valence-corrected chi connectivity index (χ4v) is 3.37. The van der Waals surface area contributed by atoms with Gasteiger partial charge in [-0.25, -0.2) is 0 Å². The number of benzene rings is 1. The topological polar surface area (TPSA) is 72.5 Å². The van der Waals surface area contributed by atoms with E-state index in [-0.39, 0.29) is 35.9 Å². The van der Waals surface area contributed by atoms with Crippen molar-refractivity contribution in [2.75, 3.05) is 26.7 Å². The number of aromatic nitrogens is 1. The molecule has 3 rings (SSSR count). The first-order valence-corrected chi connectivity index (χ1v) is 9.01. The quantitative estimate of drug-likeness (QED) is 0.358. The zero-order valence-corrected chi connectivity index (χ0v) is 17.7. The number of rotatable bonds is 5. The number of nitrogens with zero attached hydrogens (tertiary/aromatic N) is 2. The Balaban J connectivity index is 0.00000243. The van der Waals surface area contributed by atoms with Gasteiger partial charge in [-0.05, 0) is 24.5 Å². The average Bonchev–Trinajstić information content (AvgIpc) is 3.27. The summed E-state index contributed by atoms with van der Waals surface area (Å²) >= 11 is 0. The predicted octanol–water partition coefficient (Wildman–Crippen LogP) is 2.50. The highest BCUT2D eigenvalue weighted by molar-refractivity contribution is 14.0. The molecule has 2 heterocycles. The van der Waals surface area contributed by atoms with E-state index in [0.717, 1.165) is 38.4 Å². The number of halogens is 1. The third kappa shape index (κ3) is 4.90. The highest BCUT2D eigenvalue weighted by Crippen LogP contribution is 2.17. The summed E-state index contributed by atoms with van der Waals surface area (Å²) in [6.07, 6.45) is 4.54. The van der Waals surface area contributed by atoms with Crippen LogP contribution >= 0.6 is 24.0 Å². The SMILES string of the molecule is CCC(=O)N1CCC(NC(=NC)NCCc2c[nH]c3ccccc23)C1.I. The Morgan fingerprint density at radius 2 is 2.19 bits per heavy atom. The van der Waals surface area contributed by atoms with E-state index < -0.39 is 0 Å². The number of guanidine groups is 1. The van der Waals surface area contributed by atoms with Gasteiger partial charge in [0.2, 0.25) is 5.91 Å². The maximum absolute atomic E-state index is 11.8. The third-order valence-corrected chi connectivity index (χ3v) is 4.77. The largest absolute Gasteiger partial charge is 0.361 e. The van der Waals surface area contributed by atoms with Gasteiger partial charge >= 0.3 is 0 Å². The van der Waals surface area contributed by atoms with Crippen molar-refractivity contribution in [3.8, 4) is 0 Å². The van der Waals surface area contributed by atoms with Crippen LogP contribution in [-0.4, -0.2) is 54.5 Å². The number of nitrogens with one attached hydrogen (secondary N) is 3. The lowest BCUT2D eigenvalue weighted by Crippen LogP contribution is -2.45. The minimum atomic E-state index is 0. The molecule has 1 aliphatic rings. The summed E-state index contributed by atoms with van der Waals surface area (Å²) in [7, 11) is 1.78. The van der Waals surface area contributed by atoms with E-state index in [1.807, 2.05) is 17.9 Å². The van der Waals surface area contributed by atoms with Crippen LogP contribution in [0, 0.1) is 0 Å². The summed E-state index contributed by atoms with van der Waals surface area (Å²) < 4.78 is 0. The molecule has 7 heteroatoms. The molecule has 1 aromatic carbocycles. The number of hydrogen-bond donors (Lipinski definition) is 3. The molecule has 26 heavy (non-hydrogen) atoms. The van der Waals surface area contributed by atoms with Crippen molar-refractivity contribution in [2.24, 2.45) is 4.99 Å². The zero-order chi connectivity index (χ0) is 17.6. The van der Waals surface area contributed by atoms with Gasteiger partial charge in [0.05, 0.1) is 0 Å². The van der Waals surface area contributed by atoms with E-state index in [1.54, 1.807) is 7.05 Å². The van der Waals surface area contributed by atoms with Crippen molar-refractivity contribution in [1.29, 1.82) is 0 Å². The monoisotopic (exact) mass is 469 g/mol. The van der Waals surface area contributed by atoms with E-state index in [9.17, 15) is 4.79 Å². The van der Waals surface area contributed by atoms with Crippen molar-refractivity contribution >= 4 is 46.7 Å². The molecule has 1 aromatic heterocycles. The minimum absolute atomic E-state index is 0. The Morgan fingerprint density at radius 3 is 2.96 bits per heavy atom. The number of carbonyl (C=O) groups is 1. The van der Waals surface area contributed by atoms with E-state index >= 15 is 0 Å². The summed E-state index contributed by atoms with van der Waals surface area (Å²) in [4.78, 5) is 21.3. The smallest absolute Gasteiger partial charge is 0.222 e. The molecule has 1 amide bonds. The number of aromatic amines is 1. The molecule has 0 aliphatic carbocycles. The summed E-state index contributed by atoms with van der Waals surface area (Å²) in [6, 6.07) is 8.62. The molecular formula is C19H28IN5O. The van der Waals surface area contributed by atoms with Gasteiger partial charge in [-0.3, -0.25) is 9.79 Å². The second kappa shape index (κ2) is 9.80. The van der Waals surface area contributed by atoms with Gasteiger partial charge in [-0.2, -0.15) is 0 Å². The summed E-state index contributed by atoms with van der Waals surface area (Å²) in [5, 5.41) is 8.08. The van der Waals surface area contributed by atoms with Crippen LogP contribution in [0.25, 0.3) is 10.9 Å². The minimum Gasteiger partial charge on any atom is -0.361 e. The molecule has 1 aliphatic heterocycles. The van der Waals surface area contributed by atoms with Gasteiger partial charge in [-0.15, -0.1) is 24.0 Å². The second-order valence-corrected chi connectivity index (χ2v) is 6.43. The van der Waals surface area contributed by atoms with Crippen molar-refractivity contribution in [2.45, 2.75) is 32.2 Å². The highest BCUT2D eigenvalue weighted by atomic mass is 127. The van der Waals surface area contributed by atoms with Crippen LogP contribution in [0.5, 0.6) is 0 Å². The Labute approximate surface area is 171 Å². The van der Waals surface area contributed by atoms with Crippen LogP contribution < -0.4 is 10.6 Å². The van der Waals surface area contributed by atoms with Gasteiger partial charge in [0.15, 0.2) is 5.96 Å². The maximum Gasteiger partial charge on any atom is 0.222 e. The average molecular weight is 469 g/mol. The molecule has 6 nitrogen and oxygen atoms in total. The Kier molecular flexibility index (Phi) is 7.74. The summed E-state index contributed by atoms with van der Waals surface area (Å²) in [5.41, 5.74) is 2.48. The molecule has 0 bridgehead atoms. The number of hydrogen-bond acceptors (Lipinski definition) is 2. The van der Waals surface area contributed by atoms with Crippen LogP contribution in [0.3, 0.4) is 0 Å². The van der Waals surface area contributed by atoms with Crippen LogP contribution in [0.1, 0.15) is 25.3 Å². The van der Waals surface area contributed by atoms with E-state index in [4.69, 9.17) is 0 Å². The summed E-state index contributed by atoms with van der Waals surface area (Å²) in [6.45, 7) is 4.31. The van der Waals surface area contributed by atoms with Crippen molar-refractivity contribution < 1.29 is 4.79 Å². The predicted molar refractivity (Wildman–Crippen MR) is 117 cm³/mol. The fourth-order valence-electron chi connectivity index (χ4n) is 3.37. The first-order chi connectivity index (χ1) is 12.2. The van der Waals surface area contributed by atoms with Crippen LogP contribution in [-0.2, 0) is 11.2 Å². The van der Waals surface area contributed by atoms with Crippen LogP contribution in [0.15, 0.2) is 35.5 Å². The standard InChI is InChI=1S/C19H27N5O.HI/c1-3-18(25)24-11-9-15(13-24)23-19(20-2)21-10-8-14-12-22-17-7-5-4-6-16(14)17;/h4-7,12,15,22H,3,8-11,13H2,1-2H3,(H2,20,21,23);1H. The number of fused-ring (bicyclic) bond motifs is 1. The number of aliphatic imine (C=N–C) groups is 1. The lowest BCUT2D eigenvalue weighted by Gasteiger charge is -2.18.